The number of aliphatic carboxylic acids is 1. The number of hydrogen-bond acceptors (Lipinski definition) is 4. The van der Waals surface area contributed by atoms with E-state index in [1.807, 2.05) is 16.7 Å². The van der Waals surface area contributed by atoms with Gasteiger partial charge in [0.15, 0.2) is 5.16 Å². The number of thioether (sulfide) groups is 1. The molecule has 1 aromatic carbocycles. The summed E-state index contributed by atoms with van der Waals surface area (Å²) in [6, 6.07) is 7.32. The molecule has 0 fully saturated rings. The van der Waals surface area contributed by atoms with Gasteiger partial charge in [0.1, 0.15) is 5.82 Å². The number of hydrogen-bond donors (Lipinski definition) is 1. The Balaban J connectivity index is 2.38. The predicted octanol–water partition coefficient (Wildman–Crippen LogP) is 3.05. The molecule has 0 saturated carbocycles. The lowest BCUT2D eigenvalue weighted by atomic mass is 10.3. The quantitative estimate of drug-likeness (QED) is 0.830. The topological polar surface area (TPSA) is 68.0 Å². The van der Waals surface area contributed by atoms with Crippen molar-refractivity contribution in [2.75, 3.05) is 5.75 Å². The smallest absolute Gasteiger partial charge is 0.313 e. The molecule has 0 aliphatic heterocycles. The van der Waals surface area contributed by atoms with Crippen molar-refractivity contribution in [3.05, 3.63) is 35.1 Å². The van der Waals surface area contributed by atoms with E-state index in [-0.39, 0.29) is 5.75 Å². The maximum absolute atomic E-state index is 10.7. The molecule has 1 aromatic heterocycles. The summed E-state index contributed by atoms with van der Waals surface area (Å²) in [5, 5.41) is 18.3. The van der Waals surface area contributed by atoms with E-state index in [0.29, 0.717) is 10.2 Å². The molecule has 0 bridgehead atoms. The second-order valence-corrected chi connectivity index (χ2v) is 5.52. The van der Waals surface area contributed by atoms with E-state index >= 15 is 0 Å². The van der Waals surface area contributed by atoms with Crippen LogP contribution < -0.4 is 0 Å². The number of carboxylic acids is 1. The Morgan fingerprint density at radius 1 is 1.35 bits per heavy atom. The highest BCUT2D eigenvalue weighted by atomic mass is 35.5. The number of benzene rings is 1. The summed E-state index contributed by atoms with van der Waals surface area (Å²) in [6.07, 6.45) is 1.72. The molecule has 0 atom stereocenters. The van der Waals surface area contributed by atoms with Gasteiger partial charge in [-0.1, -0.05) is 30.3 Å². The Kier molecular flexibility index (Phi) is 5.03. The second kappa shape index (κ2) is 6.76. The van der Waals surface area contributed by atoms with Gasteiger partial charge in [0.2, 0.25) is 0 Å². The van der Waals surface area contributed by atoms with Crippen LogP contribution in [0.25, 0.3) is 5.69 Å². The summed E-state index contributed by atoms with van der Waals surface area (Å²) in [5.74, 6) is -0.0990. The summed E-state index contributed by atoms with van der Waals surface area (Å²) >= 11 is 7.05. The lowest BCUT2D eigenvalue weighted by Gasteiger charge is -2.09. The minimum Gasteiger partial charge on any atom is -0.481 e. The zero-order valence-electron chi connectivity index (χ0n) is 10.9. The highest BCUT2D eigenvalue weighted by molar-refractivity contribution is 7.99. The van der Waals surface area contributed by atoms with E-state index in [9.17, 15) is 4.79 Å². The normalized spacial score (nSPS) is 10.7. The lowest BCUT2D eigenvalue weighted by molar-refractivity contribution is -0.133. The minimum atomic E-state index is -0.877. The molecule has 7 heteroatoms. The van der Waals surface area contributed by atoms with Crippen LogP contribution >= 0.6 is 23.4 Å². The largest absolute Gasteiger partial charge is 0.481 e. The third-order valence-electron chi connectivity index (χ3n) is 2.58. The zero-order chi connectivity index (χ0) is 14.5. The van der Waals surface area contributed by atoms with Gasteiger partial charge in [0.05, 0.1) is 5.75 Å². The van der Waals surface area contributed by atoms with Gasteiger partial charge in [-0.15, -0.1) is 10.2 Å². The Morgan fingerprint density at radius 2 is 2.05 bits per heavy atom. The molecule has 0 aliphatic rings. The van der Waals surface area contributed by atoms with Gasteiger partial charge in [0, 0.05) is 17.1 Å². The molecule has 20 heavy (non-hydrogen) atoms. The van der Waals surface area contributed by atoms with Crippen molar-refractivity contribution in [3.63, 3.8) is 0 Å². The Bertz CT molecular complexity index is 598. The van der Waals surface area contributed by atoms with Crippen molar-refractivity contribution < 1.29 is 9.90 Å². The number of aromatic nitrogens is 3. The standard InChI is InChI=1S/C13H14ClN3O2S/c1-2-3-11-15-16-13(20-8-12(18)19)17(11)10-6-4-9(14)5-7-10/h4-7H,2-3,8H2,1H3,(H,18,19). The van der Waals surface area contributed by atoms with Crippen molar-refractivity contribution in [1.82, 2.24) is 14.8 Å². The first-order valence-corrected chi connectivity index (χ1v) is 7.53. The molecule has 0 spiro atoms. The Hall–Kier alpha value is -1.53. The fourth-order valence-electron chi connectivity index (χ4n) is 1.76. The minimum absolute atomic E-state index is 0.0438. The zero-order valence-corrected chi connectivity index (χ0v) is 12.5. The average Bonchev–Trinajstić information content (AvgIpc) is 2.81. The van der Waals surface area contributed by atoms with Gasteiger partial charge in [0.25, 0.3) is 0 Å². The van der Waals surface area contributed by atoms with Gasteiger partial charge in [-0.3, -0.25) is 9.36 Å². The molecule has 1 N–H and O–H groups in total. The highest BCUT2D eigenvalue weighted by Gasteiger charge is 2.14. The number of carboxylic acid groups (broad SMARTS) is 1. The summed E-state index contributed by atoms with van der Waals surface area (Å²) in [6.45, 7) is 2.06. The van der Waals surface area contributed by atoms with Crippen LogP contribution in [0.3, 0.4) is 0 Å². The molecule has 0 aliphatic carbocycles. The van der Waals surface area contributed by atoms with Gasteiger partial charge in [-0.25, -0.2) is 0 Å². The molecule has 0 amide bonds. The summed E-state index contributed by atoms with van der Waals surface area (Å²) in [5.41, 5.74) is 0.885. The van der Waals surface area contributed by atoms with Crippen LogP contribution in [0.15, 0.2) is 29.4 Å². The molecular formula is C13H14ClN3O2S. The van der Waals surface area contributed by atoms with Gasteiger partial charge >= 0.3 is 5.97 Å². The van der Waals surface area contributed by atoms with Crippen LogP contribution in [0.1, 0.15) is 19.2 Å². The van der Waals surface area contributed by atoms with Crippen LogP contribution in [0, 0.1) is 0 Å². The van der Waals surface area contributed by atoms with E-state index in [1.54, 1.807) is 12.1 Å². The van der Waals surface area contributed by atoms with E-state index in [4.69, 9.17) is 16.7 Å². The van der Waals surface area contributed by atoms with E-state index in [1.165, 1.54) is 0 Å². The highest BCUT2D eigenvalue weighted by Crippen LogP contribution is 2.23. The van der Waals surface area contributed by atoms with Gasteiger partial charge < -0.3 is 5.11 Å². The number of carbonyl (C=O) groups is 1. The summed E-state index contributed by atoms with van der Waals surface area (Å²) in [4.78, 5) is 10.7. The fourth-order valence-corrected chi connectivity index (χ4v) is 2.57. The van der Waals surface area contributed by atoms with Crippen molar-refractivity contribution in [3.8, 4) is 5.69 Å². The van der Waals surface area contributed by atoms with Crippen LogP contribution in [0.5, 0.6) is 0 Å². The van der Waals surface area contributed by atoms with Gasteiger partial charge in [-0.2, -0.15) is 0 Å². The molecule has 0 unspecified atom stereocenters. The summed E-state index contributed by atoms with van der Waals surface area (Å²) in [7, 11) is 0. The molecule has 5 nitrogen and oxygen atoms in total. The number of aryl methyl sites for hydroxylation is 1. The fraction of sp³-hybridized carbons (Fsp3) is 0.308. The number of rotatable bonds is 6. The molecule has 0 saturated heterocycles. The third kappa shape index (κ3) is 3.52. The summed E-state index contributed by atoms with van der Waals surface area (Å²) < 4.78 is 1.88. The molecule has 2 rings (SSSR count). The molecule has 2 aromatic rings. The maximum atomic E-state index is 10.7. The van der Waals surface area contributed by atoms with E-state index in [0.717, 1.165) is 36.1 Å². The van der Waals surface area contributed by atoms with Gasteiger partial charge in [-0.05, 0) is 30.7 Å². The predicted molar refractivity (Wildman–Crippen MR) is 78.7 cm³/mol. The van der Waals surface area contributed by atoms with E-state index < -0.39 is 5.97 Å². The second-order valence-electron chi connectivity index (χ2n) is 4.14. The molecule has 106 valence electrons. The van der Waals surface area contributed by atoms with Crippen LogP contribution in [0.2, 0.25) is 5.02 Å². The molecule has 1 heterocycles. The maximum Gasteiger partial charge on any atom is 0.313 e. The Morgan fingerprint density at radius 3 is 2.65 bits per heavy atom. The van der Waals surface area contributed by atoms with Crippen LogP contribution in [0.4, 0.5) is 0 Å². The SMILES string of the molecule is CCCc1nnc(SCC(=O)O)n1-c1ccc(Cl)cc1. The molecule has 0 radical (unpaired) electrons. The number of halogens is 1. The first-order chi connectivity index (χ1) is 9.61. The number of nitrogens with zero attached hydrogens (tertiary/aromatic N) is 3. The lowest BCUT2D eigenvalue weighted by Crippen LogP contribution is -2.04. The third-order valence-corrected chi connectivity index (χ3v) is 3.75. The van der Waals surface area contributed by atoms with Crippen LogP contribution in [-0.4, -0.2) is 31.6 Å². The first kappa shape index (κ1) is 14.9. The van der Waals surface area contributed by atoms with Crippen molar-refractivity contribution in [2.45, 2.75) is 24.9 Å². The Labute approximate surface area is 126 Å². The van der Waals surface area contributed by atoms with Crippen molar-refractivity contribution in [2.24, 2.45) is 0 Å². The monoisotopic (exact) mass is 311 g/mol. The first-order valence-electron chi connectivity index (χ1n) is 6.16. The van der Waals surface area contributed by atoms with Crippen molar-refractivity contribution >= 4 is 29.3 Å². The van der Waals surface area contributed by atoms with Crippen LogP contribution in [-0.2, 0) is 11.2 Å². The molecular weight excluding hydrogens is 298 g/mol. The average molecular weight is 312 g/mol. The van der Waals surface area contributed by atoms with E-state index in [2.05, 4.69) is 17.1 Å². The van der Waals surface area contributed by atoms with Crippen molar-refractivity contribution in [1.29, 1.82) is 0 Å².